The van der Waals surface area contributed by atoms with Gasteiger partial charge in [0.1, 0.15) is 17.1 Å². The maximum Gasteiger partial charge on any atom is 0.337 e. The maximum atomic E-state index is 10.9. The van der Waals surface area contributed by atoms with E-state index in [4.69, 9.17) is 5.11 Å². The zero-order valence-corrected chi connectivity index (χ0v) is 9.32. The van der Waals surface area contributed by atoms with Gasteiger partial charge in [0.15, 0.2) is 0 Å². The highest BCUT2D eigenvalue weighted by molar-refractivity contribution is 5.93. The van der Waals surface area contributed by atoms with E-state index >= 15 is 0 Å². The summed E-state index contributed by atoms with van der Waals surface area (Å²) in [4.78, 5) is 10.9. The summed E-state index contributed by atoms with van der Waals surface area (Å²) in [6, 6.07) is 12.7. The average molecular weight is 242 g/mol. The minimum absolute atomic E-state index is 0.00550. The van der Waals surface area contributed by atoms with Crippen molar-refractivity contribution in [2.24, 2.45) is 10.2 Å². The van der Waals surface area contributed by atoms with Crippen LogP contribution in [-0.4, -0.2) is 16.2 Å². The van der Waals surface area contributed by atoms with Crippen molar-refractivity contribution in [2.45, 2.75) is 0 Å². The molecule has 0 aromatic heterocycles. The van der Waals surface area contributed by atoms with E-state index in [2.05, 4.69) is 10.2 Å². The van der Waals surface area contributed by atoms with Gasteiger partial charge in [-0.2, -0.15) is 0 Å². The van der Waals surface area contributed by atoms with Gasteiger partial charge in [-0.05, 0) is 24.3 Å². The van der Waals surface area contributed by atoms with Gasteiger partial charge in [-0.25, -0.2) is 4.79 Å². The Labute approximate surface area is 103 Å². The van der Waals surface area contributed by atoms with E-state index in [1.165, 1.54) is 12.1 Å². The Morgan fingerprint density at radius 3 is 2.11 bits per heavy atom. The van der Waals surface area contributed by atoms with E-state index in [9.17, 15) is 9.90 Å². The molecule has 5 heteroatoms. The molecule has 0 aliphatic carbocycles. The Bertz CT molecular complexity index is 609. The van der Waals surface area contributed by atoms with Crippen LogP contribution in [0.2, 0.25) is 0 Å². The van der Waals surface area contributed by atoms with Gasteiger partial charge in [0.25, 0.3) is 0 Å². The summed E-state index contributed by atoms with van der Waals surface area (Å²) in [5.74, 6) is -1.07. The zero-order valence-electron chi connectivity index (χ0n) is 9.32. The number of carboxylic acids is 1. The van der Waals surface area contributed by atoms with E-state index in [0.717, 1.165) is 0 Å². The van der Waals surface area contributed by atoms with Crippen LogP contribution < -0.4 is 0 Å². The highest BCUT2D eigenvalue weighted by Crippen LogP contribution is 2.28. The van der Waals surface area contributed by atoms with Gasteiger partial charge in [0.05, 0.1) is 5.56 Å². The summed E-state index contributed by atoms with van der Waals surface area (Å²) in [6.07, 6.45) is 0. The number of rotatable bonds is 3. The Kier molecular flexibility index (Phi) is 3.33. The number of aromatic carboxylic acids is 1. The van der Waals surface area contributed by atoms with Crippen molar-refractivity contribution in [3.63, 3.8) is 0 Å². The normalized spacial score (nSPS) is 10.7. The van der Waals surface area contributed by atoms with Gasteiger partial charge in [-0.1, -0.05) is 24.3 Å². The van der Waals surface area contributed by atoms with Crippen molar-refractivity contribution >= 4 is 17.3 Å². The first-order chi connectivity index (χ1) is 8.68. The van der Waals surface area contributed by atoms with Crippen molar-refractivity contribution in [1.82, 2.24) is 0 Å². The van der Waals surface area contributed by atoms with Crippen molar-refractivity contribution in [3.05, 3.63) is 54.1 Å². The SMILES string of the molecule is O=C(O)c1ccccc1/N=N/c1ccccc1O. The molecule has 0 amide bonds. The first-order valence-corrected chi connectivity index (χ1v) is 5.20. The van der Waals surface area contributed by atoms with E-state index in [1.807, 2.05) is 0 Å². The second kappa shape index (κ2) is 5.09. The standard InChI is InChI=1S/C13H10N2O3/c16-12-8-4-3-7-11(12)15-14-10-6-2-1-5-9(10)13(17)18/h1-8,16H,(H,17,18)/b15-14+. The van der Waals surface area contributed by atoms with Crippen LogP contribution in [0, 0.1) is 0 Å². The molecule has 0 heterocycles. The van der Waals surface area contributed by atoms with Gasteiger partial charge in [0, 0.05) is 0 Å². The number of para-hydroxylation sites is 1. The Hall–Kier alpha value is -2.69. The predicted octanol–water partition coefficient (Wildman–Crippen LogP) is 3.51. The van der Waals surface area contributed by atoms with E-state index in [1.54, 1.807) is 36.4 Å². The number of hydrogen-bond acceptors (Lipinski definition) is 4. The smallest absolute Gasteiger partial charge is 0.337 e. The summed E-state index contributed by atoms with van der Waals surface area (Å²) in [5, 5.41) is 26.1. The molecule has 0 spiro atoms. The van der Waals surface area contributed by atoms with Crippen LogP contribution in [0.1, 0.15) is 10.4 Å². The second-order valence-electron chi connectivity index (χ2n) is 3.51. The largest absolute Gasteiger partial charge is 0.506 e. The highest BCUT2D eigenvalue weighted by atomic mass is 16.4. The van der Waals surface area contributed by atoms with Crippen LogP contribution in [0.3, 0.4) is 0 Å². The van der Waals surface area contributed by atoms with Crippen LogP contribution >= 0.6 is 0 Å². The van der Waals surface area contributed by atoms with Crippen LogP contribution in [0.15, 0.2) is 58.8 Å². The molecule has 0 aliphatic rings. The molecule has 2 rings (SSSR count). The third-order valence-electron chi connectivity index (χ3n) is 2.28. The fourth-order valence-electron chi connectivity index (χ4n) is 1.40. The third-order valence-corrected chi connectivity index (χ3v) is 2.28. The molecule has 0 bridgehead atoms. The monoisotopic (exact) mass is 242 g/mol. The molecule has 0 fully saturated rings. The van der Waals surface area contributed by atoms with Crippen molar-refractivity contribution in [2.75, 3.05) is 0 Å². The van der Waals surface area contributed by atoms with E-state index < -0.39 is 5.97 Å². The number of azo groups is 1. The van der Waals surface area contributed by atoms with Crippen molar-refractivity contribution in [3.8, 4) is 5.75 Å². The van der Waals surface area contributed by atoms with Gasteiger partial charge in [0.2, 0.25) is 0 Å². The van der Waals surface area contributed by atoms with Crippen LogP contribution in [0.5, 0.6) is 5.75 Å². The molecule has 0 radical (unpaired) electrons. The van der Waals surface area contributed by atoms with Crippen LogP contribution in [0.4, 0.5) is 11.4 Å². The molecule has 2 aromatic rings. The second-order valence-corrected chi connectivity index (χ2v) is 3.51. The fraction of sp³-hybridized carbons (Fsp3) is 0. The van der Waals surface area contributed by atoms with Crippen LogP contribution in [0.25, 0.3) is 0 Å². The minimum atomic E-state index is -1.07. The number of phenolic OH excluding ortho intramolecular Hbond substituents is 1. The first-order valence-electron chi connectivity index (χ1n) is 5.20. The predicted molar refractivity (Wildman–Crippen MR) is 65.7 cm³/mol. The Morgan fingerprint density at radius 2 is 1.44 bits per heavy atom. The number of nitrogens with zero attached hydrogens (tertiary/aromatic N) is 2. The number of carbonyl (C=O) groups is 1. The summed E-state index contributed by atoms with van der Waals surface area (Å²) >= 11 is 0. The number of benzene rings is 2. The maximum absolute atomic E-state index is 10.9. The molecule has 0 saturated heterocycles. The van der Waals surface area contributed by atoms with Crippen LogP contribution in [-0.2, 0) is 0 Å². The molecule has 2 N–H and O–H groups in total. The molecule has 5 nitrogen and oxygen atoms in total. The topological polar surface area (TPSA) is 82.2 Å². The molecule has 0 atom stereocenters. The minimum Gasteiger partial charge on any atom is -0.506 e. The molecule has 0 unspecified atom stereocenters. The average Bonchev–Trinajstić information content (AvgIpc) is 2.38. The number of aromatic hydroxyl groups is 1. The summed E-state index contributed by atoms with van der Waals surface area (Å²) < 4.78 is 0. The lowest BCUT2D eigenvalue weighted by molar-refractivity contribution is 0.0698. The molecule has 18 heavy (non-hydrogen) atoms. The summed E-state index contributed by atoms with van der Waals surface area (Å²) in [7, 11) is 0. The third kappa shape index (κ3) is 2.52. The lowest BCUT2D eigenvalue weighted by atomic mass is 10.2. The van der Waals surface area contributed by atoms with Gasteiger partial charge < -0.3 is 10.2 Å². The number of carboxylic acid groups (broad SMARTS) is 1. The quantitative estimate of drug-likeness (QED) is 0.808. The number of hydrogen-bond donors (Lipinski definition) is 2. The summed E-state index contributed by atoms with van der Waals surface area (Å²) in [6.45, 7) is 0. The van der Waals surface area contributed by atoms with Gasteiger partial charge in [-0.3, -0.25) is 0 Å². The molecule has 2 aromatic carbocycles. The Balaban J connectivity index is 2.35. The fourth-order valence-corrected chi connectivity index (χ4v) is 1.40. The summed E-state index contributed by atoms with van der Waals surface area (Å²) in [5.41, 5.74) is 0.600. The van der Waals surface area contributed by atoms with Gasteiger partial charge >= 0.3 is 5.97 Å². The van der Waals surface area contributed by atoms with E-state index in [0.29, 0.717) is 0 Å². The molecule has 0 aliphatic heterocycles. The first kappa shape index (κ1) is 11.8. The lowest BCUT2D eigenvalue weighted by Crippen LogP contribution is -1.95. The van der Waals surface area contributed by atoms with Crippen molar-refractivity contribution < 1.29 is 15.0 Å². The zero-order chi connectivity index (χ0) is 13.0. The Morgan fingerprint density at radius 1 is 0.889 bits per heavy atom. The number of phenols is 1. The molecule has 0 saturated carbocycles. The van der Waals surface area contributed by atoms with Crippen molar-refractivity contribution in [1.29, 1.82) is 0 Å². The lowest BCUT2D eigenvalue weighted by Gasteiger charge is -1.99. The highest BCUT2D eigenvalue weighted by Gasteiger charge is 2.08. The molecular weight excluding hydrogens is 232 g/mol. The van der Waals surface area contributed by atoms with E-state index in [-0.39, 0.29) is 22.7 Å². The molecular formula is C13H10N2O3. The van der Waals surface area contributed by atoms with Gasteiger partial charge in [-0.15, -0.1) is 10.2 Å². The molecule has 90 valence electrons.